The fourth-order valence-electron chi connectivity index (χ4n) is 2.30. The molecule has 0 radical (unpaired) electrons. The molecule has 0 saturated carbocycles. The largest absolute Gasteiger partial charge is 0.481 e. The quantitative estimate of drug-likeness (QED) is 0.754. The summed E-state index contributed by atoms with van der Waals surface area (Å²) < 4.78 is 0. The van der Waals surface area contributed by atoms with Gasteiger partial charge in [0.1, 0.15) is 0 Å². The Balaban J connectivity index is 2.69. The molecule has 0 aromatic heterocycles. The van der Waals surface area contributed by atoms with Gasteiger partial charge in [-0.1, -0.05) is 6.92 Å². The average molecular weight is 237 g/mol. The van der Waals surface area contributed by atoms with Crippen LogP contribution in [-0.4, -0.2) is 35.0 Å². The van der Waals surface area contributed by atoms with Gasteiger partial charge in [0.25, 0.3) is 0 Å². The summed E-state index contributed by atoms with van der Waals surface area (Å²) in [6.45, 7) is 2.84. The van der Waals surface area contributed by atoms with Crippen LogP contribution in [-0.2, 0) is 9.59 Å². The Bertz CT molecular complexity index is 345. The Hall–Kier alpha value is -1.50. The van der Waals surface area contributed by atoms with Gasteiger partial charge in [0.05, 0.1) is 5.41 Å². The van der Waals surface area contributed by atoms with Gasteiger partial charge in [-0.05, 0) is 19.3 Å². The summed E-state index contributed by atoms with van der Waals surface area (Å²) in [5.41, 5.74) is -0.760. The molecule has 4 nitrogen and oxygen atoms in total. The number of rotatable bonds is 4. The minimum Gasteiger partial charge on any atom is -0.481 e. The number of likely N-dealkylation sites (tertiary alicyclic amines) is 1. The lowest BCUT2D eigenvalue weighted by molar-refractivity contribution is -0.155. The van der Waals surface area contributed by atoms with Crippen LogP contribution in [0.5, 0.6) is 0 Å². The molecule has 1 saturated heterocycles. The van der Waals surface area contributed by atoms with Crippen LogP contribution >= 0.6 is 0 Å². The zero-order valence-corrected chi connectivity index (χ0v) is 10.2. The summed E-state index contributed by atoms with van der Waals surface area (Å²) >= 11 is 0. The SMILES string of the molecule is C#CCCC(=O)N1CCCC(CC)(C(=O)O)C1. The van der Waals surface area contributed by atoms with E-state index in [1.165, 1.54) is 0 Å². The van der Waals surface area contributed by atoms with Gasteiger partial charge in [-0.15, -0.1) is 12.3 Å². The van der Waals surface area contributed by atoms with Crippen molar-refractivity contribution >= 4 is 11.9 Å². The second kappa shape index (κ2) is 5.72. The molecular weight excluding hydrogens is 218 g/mol. The van der Waals surface area contributed by atoms with Crippen LogP contribution in [0, 0.1) is 17.8 Å². The molecule has 0 aromatic carbocycles. The maximum absolute atomic E-state index is 11.8. The maximum Gasteiger partial charge on any atom is 0.311 e. The number of nitrogens with zero attached hydrogens (tertiary/aromatic N) is 1. The van der Waals surface area contributed by atoms with Crippen LogP contribution in [0.25, 0.3) is 0 Å². The average Bonchev–Trinajstić information content (AvgIpc) is 2.35. The molecule has 1 aliphatic rings. The van der Waals surface area contributed by atoms with Gasteiger partial charge in [-0.25, -0.2) is 0 Å². The van der Waals surface area contributed by atoms with Crippen LogP contribution < -0.4 is 0 Å². The third-order valence-electron chi connectivity index (χ3n) is 3.54. The summed E-state index contributed by atoms with van der Waals surface area (Å²) in [5.74, 6) is 1.61. The number of aliphatic carboxylic acids is 1. The van der Waals surface area contributed by atoms with Crippen molar-refractivity contribution in [1.29, 1.82) is 0 Å². The van der Waals surface area contributed by atoms with Crippen LogP contribution in [0.1, 0.15) is 39.0 Å². The monoisotopic (exact) mass is 237 g/mol. The highest BCUT2D eigenvalue weighted by Crippen LogP contribution is 2.33. The van der Waals surface area contributed by atoms with Crippen LogP contribution in [0.4, 0.5) is 0 Å². The molecule has 0 spiro atoms. The zero-order valence-electron chi connectivity index (χ0n) is 10.2. The molecule has 0 aliphatic carbocycles. The van der Waals surface area contributed by atoms with E-state index in [1.54, 1.807) is 4.90 Å². The van der Waals surface area contributed by atoms with E-state index in [4.69, 9.17) is 6.42 Å². The summed E-state index contributed by atoms with van der Waals surface area (Å²) in [5, 5.41) is 9.29. The van der Waals surface area contributed by atoms with Gasteiger partial charge >= 0.3 is 5.97 Å². The van der Waals surface area contributed by atoms with E-state index in [-0.39, 0.29) is 5.91 Å². The van der Waals surface area contributed by atoms with Crippen LogP contribution in [0.2, 0.25) is 0 Å². The van der Waals surface area contributed by atoms with Crippen molar-refractivity contribution in [2.75, 3.05) is 13.1 Å². The Labute approximate surface area is 102 Å². The number of carboxylic acid groups (broad SMARTS) is 1. The van der Waals surface area contributed by atoms with Gasteiger partial charge in [0, 0.05) is 25.9 Å². The minimum absolute atomic E-state index is 0.0262. The number of carboxylic acids is 1. The van der Waals surface area contributed by atoms with Gasteiger partial charge in [0.15, 0.2) is 0 Å². The standard InChI is InChI=1S/C13H19NO3/c1-3-5-7-11(15)14-9-6-8-13(4-2,10-14)12(16)17/h1H,4-10H2,2H3,(H,16,17). The maximum atomic E-state index is 11.8. The second-order valence-corrected chi connectivity index (χ2v) is 4.56. The highest BCUT2D eigenvalue weighted by molar-refractivity contribution is 5.79. The van der Waals surface area contributed by atoms with E-state index < -0.39 is 11.4 Å². The van der Waals surface area contributed by atoms with Gasteiger partial charge in [-0.2, -0.15) is 0 Å². The minimum atomic E-state index is -0.797. The summed E-state index contributed by atoms with van der Waals surface area (Å²) in [7, 11) is 0. The van der Waals surface area contributed by atoms with E-state index in [2.05, 4.69) is 5.92 Å². The van der Waals surface area contributed by atoms with E-state index in [0.717, 1.165) is 6.42 Å². The fourth-order valence-corrected chi connectivity index (χ4v) is 2.30. The summed E-state index contributed by atoms with van der Waals surface area (Å²) in [6, 6.07) is 0. The first-order valence-electron chi connectivity index (χ1n) is 6.00. The van der Waals surface area contributed by atoms with Crippen LogP contribution in [0.15, 0.2) is 0 Å². The lowest BCUT2D eigenvalue weighted by atomic mass is 9.77. The van der Waals surface area contributed by atoms with Crippen molar-refractivity contribution < 1.29 is 14.7 Å². The first-order chi connectivity index (χ1) is 8.05. The number of carbonyl (C=O) groups is 2. The molecule has 94 valence electrons. The number of piperidine rings is 1. The zero-order chi connectivity index (χ0) is 12.9. The highest BCUT2D eigenvalue weighted by atomic mass is 16.4. The predicted octanol–water partition coefficient (Wildman–Crippen LogP) is 1.50. The summed E-state index contributed by atoms with van der Waals surface area (Å²) in [6.07, 6.45) is 7.81. The predicted molar refractivity (Wildman–Crippen MR) is 64.2 cm³/mol. The molecule has 1 heterocycles. The second-order valence-electron chi connectivity index (χ2n) is 4.56. The normalized spacial score (nSPS) is 24.1. The van der Waals surface area contributed by atoms with Crippen molar-refractivity contribution in [3.63, 3.8) is 0 Å². The topological polar surface area (TPSA) is 57.6 Å². The molecule has 1 aliphatic heterocycles. The number of hydrogen-bond donors (Lipinski definition) is 1. The molecule has 1 rings (SSSR count). The molecule has 0 aromatic rings. The highest BCUT2D eigenvalue weighted by Gasteiger charge is 2.41. The van der Waals surface area contributed by atoms with Crippen molar-refractivity contribution in [3.8, 4) is 12.3 Å². The molecule has 1 amide bonds. The van der Waals surface area contributed by atoms with Crippen molar-refractivity contribution in [2.24, 2.45) is 5.41 Å². The molecule has 17 heavy (non-hydrogen) atoms. The van der Waals surface area contributed by atoms with E-state index in [0.29, 0.717) is 38.8 Å². The van der Waals surface area contributed by atoms with Crippen molar-refractivity contribution in [2.45, 2.75) is 39.0 Å². The molecule has 1 N–H and O–H groups in total. The molecule has 1 atom stereocenters. The Morgan fingerprint density at radius 1 is 1.53 bits per heavy atom. The summed E-state index contributed by atoms with van der Waals surface area (Å²) in [4.78, 5) is 24.8. The smallest absolute Gasteiger partial charge is 0.311 e. The first kappa shape index (κ1) is 13.6. The third-order valence-corrected chi connectivity index (χ3v) is 3.54. The van der Waals surface area contributed by atoms with Crippen LogP contribution in [0.3, 0.4) is 0 Å². The van der Waals surface area contributed by atoms with Gasteiger partial charge in [-0.3, -0.25) is 9.59 Å². The van der Waals surface area contributed by atoms with Crippen molar-refractivity contribution in [3.05, 3.63) is 0 Å². The van der Waals surface area contributed by atoms with Crippen molar-refractivity contribution in [1.82, 2.24) is 4.90 Å². The molecule has 1 fully saturated rings. The first-order valence-corrected chi connectivity index (χ1v) is 6.00. The van der Waals surface area contributed by atoms with E-state index >= 15 is 0 Å². The Kier molecular flexibility index (Phi) is 4.56. The van der Waals surface area contributed by atoms with Gasteiger partial charge < -0.3 is 10.0 Å². The fraction of sp³-hybridized carbons (Fsp3) is 0.692. The molecular formula is C13H19NO3. The number of hydrogen-bond acceptors (Lipinski definition) is 2. The lowest BCUT2D eigenvalue weighted by Crippen LogP contribution is -2.49. The number of terminal acetylenes is 1. The Morgan fingerprint density at radius 2 is 2.24 bits per heavy atom. The molecule has 0 bridgehead atoms. The third kappa shape index (κ3) is 3.00. The number of amides is 1. The number of carbonyl (C=O) groups excluding carboxylic acids is 1. The Morgan fingerprint density at radius 3 is 2.76 bits per heavy atom. The molecule has 1 unspecified atom stereocenters. The van der Waals surface area contributed by atoms with Gasteiger partial charge in [0.2, 0.25) is 5.91 Å². The lowest BCUT2D eigenvalue weighted by Gasteiger charge is -2.39. The van der Waals surface area contributed by atoms with E-state index in [1.807, 2.05) is 6.92 Å². The molecule has 4 heteroatoms. The van der Waals surface area contributed by atoms with E-state index in [9.17, 15) is 14.7 Å².